The van der Waals surface area contributed by atoms with Gasteiger partial charge >= 0.3 is 0 Å². The van der Waals surface area contributed by atoms with E-state index in [9.17, 15) is 0 Å². The second kappa shape index (κ2) is 5.93. The molecule has 84 valence electrons. The normalized spacial score (nSPS) is 11.4. The SMILES string of the molecule is C[Si](C)(C)CCOCOc1ccccc1. The van der Waals surface area contributed by atoms with Gasteiger partial charge in [0.05, 0.1) is 0 Å². The summed E-state index contributed by atoms with van der Waals surface area (Å²) < 4.78 is 10.8. The van der Waals surface area contributed by atoms with Gasteiger partial charge in [-0.3, -0.25) is 0 Å². The van der Waals surface area contributed by atoms with E-state index in [0.29, 0.717) is 6.79 Å². The largest absolute Gasteiger partial charge is 0.468 e. The third-order valence-corrected chi connectivity index (χ3v) is 3.75. The highest BCUT2D eigenvalue weighted by molar-refractivity contribution is 6.76. The zero-order valence-corrected chi connectivity index (χ0v) is 10.8. The van der Waals surface area contributed by atoms with Crippen molar-refractivity contribution in [2.24, 2.45) is 0 Å². The first-order valence-corrected chi connectivity index (χ1v) is 9.04. The standard InChI is InChI=1S/C12H20O2Si/c1-15(2,3)10-9-13-11-14-12-7-5-4-6-8-12/h4-8H,9-11H2,1-3H3. The molecule has 0 heterocycles. The van der Waals surface area contributed by atoms with E-state index in [1.807, 2.05) is 30.3 Å². The van der Waals surface area contributed by atoms with Gasteiger partial charge in [0.15, 0.2) is 6.79 Å². The summed E-state index contributed by atoms with van der Waals surface area (Å²) in [6.07, 6.45) is 0. The van der Waals surface area contributed by atoms with Crippen molar-refractivity contribution in [2.45, 2.75) is 25.7 Å². The highest BCUT2D eigenvalue weighted by Crippen LogP contribution is 2.09. The van der Waals surface area contributed by atoms with E-state index in [1.54, 1.807) is 0 Å². The molecule has 0 bridgehead atoms. The monoisotopic (exact) mass is 224 g/mol. The van der Waals surface area contributed by atoms with E-state index < -0.39 is 8.07 Å². The second-order valence-corrected chi connectivity index (χ2v) is 10.4. The number of hydrogen-bond donors (Lipinski definition) is 0. The van der Waals surface area contributed by atoms with Gasteiger partial charge in [-0.25, -0.2) is 0 Å². The van der Waals surface area contributed by atoms with E-state index in [1.165, 1.54) is 6.04 Å². The van der Waals surface area contributed by atoms with Gasteiger partial charge in [0.2, 0.25) is 0 Å². The van der Waals surface area contributed by atoms with Crippen LogP contribution in [-0.2, 0) is 4.74 Å². The molecule has 1 aromatic carbocycles. The summed E-state index contributed by atoms with van der Waals surface area (Å²) in [5.41, 5.74) is 0. The van der Waals surface area contributed by atoms with Gasteiger partial charge in [0.25, 0.3) is 0 Å². The Kier molecular flexibility index (Phi) is 4.85. The van der Waals surface area contributed by atoms with Crippen molar-refractivity contribution >= 4 is 8.07 Å². The minimum atomic E-state index is -0.967. The maximum Gasteiger partial charge on any atom is 0.189 e. The van der Waals surface area contributed by atoms with Crippen molar-refractivity contribution < 1.29 is 9.47 Å². The Bertz CT molecular complexity index is 267. The van der Waals surface area contributed by atoms with Crippen LogP contribution >= 0.6 is 0 Å². The Hall–Kier alpha value is -0.803. The van der Waals surface area contributed by atoms with E-state index in [2.05, 4.69) is 19.6 Å². The van der Waals surface area contributed by atoms with Crippen LogP contribution in [0.3, 0.4) is 0 Å². The smallest absolute Gasteiger partial charge is 0.189 e. The molecule has 0 N–H and O–H groups in total. The van der Waals surface area contributed by atoms with Gasteiger partial charge in [0, 0.05) is 14.7 Å². The summed E-state index contributed by atoms with van der Waals surface area (Å²) in [5.74, 6) is 0.866. The van der Waals surface area contributed by atoms with Crippen molar-refractivity contribution in [3.63, 3.8) is 0 Å². The topological polar surface area (TPSA) is 18.5 Å². The second-order valence-electron chi connectivity index (χ2n) is 4.79. The summed E-state index contributed by atoms with van der Waals surface area (Å²) in [7, 11) is -0.967. The lowest BCUT2D eigenvalue weighted by atomic mass is 10.3. The summed E-state index contributed by atoms with van der Waals surface area (Å²) in [5, 5.41) is 0. The average molecular weight is 224 g/mol. The van der Waals surface area contributed by atoms with Gasteiger partial charge in [-0.05, 0) is 18.2 Å². The van der Waals surface area contributed by atoms with E-state index in [-0.39, 0.29) is 0 Å². The van der Waals surface area contributed by atoms with Crippen LogP contribution in [0.2, 0.25) is 25.7 Å². The molecule has 0 spiro atoms. The molecule has 15 heavy (non-hydrogen) atoms. The predicted molar refractivity (Wildman–Crippen MR) is 66.0 cm³/mol. The molecule has 0 amide bonds. The van der Waals surface area contributed by atoms with E-state index in [4.69, 9.17) is 9.47 Å². The summed E-state index contributed by atoms with van der Waals surface area (Å²) in [4.78, 5) is 0. The van der Waals surface area contributed by atoms with Gasteiger partial charge < -0.3 is 9.47 Å². The summed E-state index contributed by atoms with van der Waals surface area (Å²) in [6, 6.07) is 10.9. The molecule has 0 unspecified atom stereocenters. The molecule has 0 radical (unpaired) electrons. The van der Waals surface area contributed by atoms with E-state index in [0.717, 1.165) is 12.4 Å². The lowest BCUT2D eigenvalue weighted by molar-refractivity contribution is 0.0220. The minimum Gasteiger partial charge on any atom is -0.468 e. The van der Waals surface area contributed by atoms with Crippen molar-refractivity contribution in [1.29, 1.82) is 0 Å². The Morgan fingerprint density at radius 1 is 1.07 bits per heavy atom. The molecular weight excluding hydrogens is 204 g/mol. The number of hydrogen-bond acceptors (Lipinski definition) is 2. The fourth-order valence-corrected chi connectivity index (χ4v) is 1.82. The minimum absolute atomic E-state index is 0.356. The highest BCUT2D eigenvalue weighted by Gasteiger charge is 2.11. The van der Waals surface area contributed by atoms with Crippen molar-refractivity contribution in [2.75, 3.05) is 13.4 Å². The zero-order valence-electron chi connectivity index (χ0n) is 9.82. The maximum atomic E-state index is 5.43. The first-order chi connectivity index (χ1) is 7.08. The molecule has 0 saturated heterocycles. The highest BCUT2D eigenvalue weighted by atomic mass is 28.3. The Morgan fingerprint density at radius 2 is 1.73 bits per heavy atom. The number of benzene rings is 1. The average Bonchev–Trinajstić information content (AvgIpc) is 2.17. The van der Waals surface area contributed by atoms with Crippen LogP contribution in [0.25, 0.3) is 0 Å². The molecule has 0 aromatic heterocycles. The van der Waals surface area contributed by atoms with Gasteiger partial charge in [-0.15, -0.1) is 0 Å². The Labute approximate surface area is 93.2 Å². The molecule has 0 aliphatic rings. The fraction of sp³-hybridized carbons (Fsp3) is 0.500. The van der Waals surface area contributed by atoms with Crippen LogP contribution in [0.5, 0.6) is 5.75 Å². The quantitative estimate of drug-likeness (QED) is 0.419. The van der Waals surface area contributed by atoms with Gasteiger partial charge in [-0.2, -0.15) is 0 Å². The van der Waals surface area contributed by atoms with E-state index >= 15 is 0 Å². The summed E-state index contributed by atoms with van der Waals surface area (Å²) in [6.45, 7) is 8.19. The lowest BCUT2D eigenvalue weighted by Crippen LogP contribution is -2.22. The van der Waals surface area contributed by atoms with Crippen LogP contribution < -0.4 is 4.74 Å². The molecule has 0 aliphatic heterocycles. The maximum absolute atomic E-state index is 5.43. The van der Waals surface area contributed by atoms with Gasteiger partial charge in [0.1, 0.15) is 5.75 Å². The zero-order chi connectivity index (χ0) is 11.1. The van der Waals surface area contributed by atoms with Crippen LogP contribution in [0.1, 0.15) is 0 Å². The van der Waals surface area contributed by atoms with Crippen molar-refractivity contribution in [3.05, 3.63) is 30.3 Å². The Morgan fingerprint density at radius 3 is 2.33 bits per heavy atom. The van der Waals surface area contributed by atoms with Crippen LogP contribution in [0.4, 0.5) is 0 Å². The van der Waals surface area contributed by atoms with Crippen LogP contribution in [0, 0.1) is 0 Å². The number of ether oxygens (including phenoxy) is 2. The first-order valence-electron chi connectivity index (χ1n) is 5.33. The molecule has 3 heteroatoms. The number of rotatable bonds is 6. The third kappa shape index (κ3) is 6.31. The first kappa shape index (κ1) is 12.3. The number of para-hydroxylation sites is 1. The lowest BCUT2D eigenvalue weighted by Gasteiger charge is -2.15. The molecule has 0 atom stereocenters. The fourth-order valence-electron chi connectivity index (χ4n) is 1.06. The molecule has 0 aliphatic carbocycles. The Balaban J connectivity index is 2.08. The summed E-state index contributed by atoms with van der Waals surface area (Å²) >= 11 is 0. The molecule has 0 fully saturated rings. The van der Waals surface area contributed by atoms with Crippen LogP contribution in [-0.4, -0.2) is 21.5 Å². The van der Waals surface area contributed by atoms with Crippen molar-refractivity contribution in [1.82, 2.24) is 0 Å². The third-order valence-electron chi connectivity index (χ3n) is 2.05. The predicted octanol–water partition coefficient (Wildman–Crippen LogP) is 3.38. The molecule has 0 saturated carbocycles. The van der Waals surface area contributed by atoms with Gasteiger partial charge in [-0.1, -0.05) is 37.8 Å². The molecule has 1 rings (SSSR count). The van der Waals surface area contributed by atoms with Crippen LogP contribution in [0.15, 0.2) is 30.3 Å². The molecule has 2 nitrogen and oxygen atoms in total. The molecular formula is C12H20O2Si. The van der Waals surface area contributed by atoms with Crippen molar-refractivity contribution in [3.8, 4) is 5.75 Å². The molecule has 1 aromatic rings.